The number of hydrogen-bond acceptors (Lipinski definition) is 1. The van der Waals surface area contributed by atoms with Crippen LogP contribution in [0.3, 0.4) is 0 Å². The molecule has 0 saturated carbocycles. The summed E-state index contributed by atoms with van der Waals surface area (Å²) >= 11 is 0. The van der Waals surface area contributed by atoms with Crippen molar-refractivity contribution in [2.24, 2.45) is 0 Å². The number of rotatable bonds is 6. The minimum absolute atomic E-state index is 0.289. The van der Waals surface area contributed by atoms with Gasteiger partial charge in [0.2, 0.25) is 0 Å². The van der Waals surface area contributed by atoms with E-state index in [1.807, 2.05) is 18.2 Å². The van der Waals surface area contributed by atoms with E-state index in [-0.39, 0.29) is 5.82 Å². The summed E-state index contributed by atoms with van der Waals surface area (Å²) < 4.78 is 14.0. The summed E-state index contributed by atoms with van der Waals surface area (Å²) in [5.74, 6) is -0.289. The van der Waals surface area contributed by atoms with E-state index in [9.17, 15) is 4.39 Å². The third-order valence-corrected chi connectivity index (χ3v) is 3.31. The quantitative estimate of drug-likeness (QED) is 0.699. The summed E-state index contributed by atoms with van der Waals surface area (Å²) in [6, 6.07) is 5.07. The highest BCUT2D eigenvalue weighted by Gasteiger charge is 2.14. The molecule has 0 radical (unpaired) electrons. The smallest absolute Gasteiger partial charge is 0.149 e. The first-order chi connectivity index (χ1) is 9.72. The van der Waals surface area contributed by atoms with Crippen molar-refractivity contribution < 1.29 is 4.39 Å². The van der Waals surface area contributed by atoms with Gasteiger partial charge in [-0.1, -0.05) is 30.4 Å². The second-order valence-corrected chi connectivity index (χ2v) is 4.63. The van der Waals surface area contributed by atoms with Gasteiger partial charge in [-0.05, 0) is 30.0 Å². The van der Waals surface area contributed by atoms with Crippen LogP contribution in [0.25, 0.3) is 10.9 Å². The van der Waals surface area contributed by atoms with Crippen LogP contribution in [-0.4, -0.2) is 4.98 Å². The number of fused-ring (bicyclic) bond motifs is 1. The fourth-order valence-corrected chi connectivity index (χ4v) is 2.48. The van der Waals surface area contributed by atoms with E-state index in [1.165, 1.54) is 6.07 Å². The van der Waals surface area contributed by atoms with Gasteiger partial charge in [-0.3, -0.25) is 0 Å². The molecule has 0 unspecified atom stereocenters. The third-order valence-electron chi connectivity index (χ3n) is 3.31. The van der Waals surface area contributed by atoms with Crippen LogP contribution in [0.5, 0.6) is 0 Å². The Kier molecular flexibility index (Phi) is 4.46. The highest BCUT2D eigenvalue weighted by molar-refractivity contribution is 5.84. The topological polar surface area (TPSA) is 12.9 Å². The van der Waals surface area contributed by atoms with Crippen LogP contribution in [0.2, 0.25) is 0 Å². The van der Waals surface area contributed by atoms with Crippen molar-refractivity contribution >= 4 is 10.9 Å². The summed E-state index contributed by atoms with van der Waals surface area (Å²) in [5, 5.41) is 0.856. The summed E-state index contributed by atoms with van der Waals surface area (Å²) in [7, 11) is 0. The Morgan fingerprint density at radius 1 is 0.950 bits per heavy atom. The van der Waals surface area contributed by atoms with Gasteiger partial charge in [0.05, 0.1) is 0 Å². The number of halogens is 1. The van der Waals surface area contributed by atoms with Gasteiger partial charge in [0.15, 0.2) is 0 Å². The van der Waals surface area contributed by atoms with Gasteiger partial charge in [-0.25, -0.2) is 9.37 Å². The Morgan fingerprint density at radius 2 is 1.60 bits per heavy atom. The van der Waals surface area contributed by atoms with E-state index in [1.54, 1.807) is 12.1 Å². The van der Waals surface area contributed by atoms with E-state index in [2.05, 4.69) is 24.7 Å². The van der Waals surface area contributed by atoms with Gasteiger partial charge in [0, 0.05) is 17.5 Å². The minimum Gasteiger partial charge on any atom is -0.249 e. The number of para-hydroxylation sites is 1. The van der Waals surface area contributed by atoms with Crippen molar-refractivity contribution in [3.05, 3.63) is 78.8 Å². The standard InChI is InChI=1S/C18H18FN/c1-4-8-13-14(9-5-2)17(10-6-3)20-18-15(13)11-7-12-16(18)19/h4-7,11-12H,1-3,8-10H2. The Hall–Kier alpha value is -2.22. The van der Waals surface area contributed by atoms with Crippen LogP contribution in [-0.2, 0) is 19.3 Å². The molecule has 0 aliphatic heterocycles. The van der Waals surface area contributed by atoms with E-state index in [0.717, 1.165) is 22.2 Å². The summed E-state index contributed by atoms with van der Waals surface area (Å²) in [5.41, 5.74) is 3.49. The zero-order chi connectivity index (χ0) is 14.5. The molecule has 0 saturated heterocycles. The first kappa shape index (κ1) is 14.2. The first-order valence-electron chi connectivity index (χ1n) is 6.64. The Labute approximate surface area is 119 Å². The van der Waals surface area contributed by atoms with Crippen LogP contribution in [0.15, 0.2) is 56.2 Å². The van der Waals surface area contributed by atoms with Gasteiger partial charge < -0.3 is 0 Å². The molecular weight excluding hydrogens is 249 g/mol. The van der Waals surface area contributed by atoms with Gasteiger partial charge in [0.25, 0.3) is 0 Å². The highest BCUT2D eigenvalue weighted by atomic mass is 19.1. The predicted molar refractivity (Wildman–Crippen MR) is 83.4 cm³/mol. The maximum atomic E-state index is 14.0. The molecule has 102 valence electrons. The average Bonchev–Trinajstić information content (AvgIpc) is 2.44. The Balaban J connectivity index is 2.84. The Morgan fingerprint density at radius 3 is 2.25 bits per heavy atom. The van der Waals surface area contributed by atoms with Gasteiger partial charge >= 0.3 is 0 Å². The number of pyridine rings is 1. The molecule has 1 aromatic carbocycles. The molecule has 0 bridgehead atoms. The lowest BCUT2D eigenvalue weighted by atomic mass is 9.94. The maximum absolute atomic E-state index is 14.0. The van der Waals surface area contributed by atoms with Crippen molar-refractivity contribution in [3.63, 3.8) is 0 Å². The monoisotopic (exact) mass is 267 g/mol. The third kappa shape index (κ3) is 2.55. The number of benzene rings is 1. The van der Waals surface area contributed by atoms with Crippen LogP contribution < -0.4 is 0 Å². The van der Waals surface area contributed by atoms with Crippen LogP contribution in [0, 0.1) is 5.82 Å². The predicted octanol–water partition coefficient (Wildman–Crippen LogP) is 4.56. The fourth-order valence-electron chi connectivity index (χ4n) is 2.48. The van der Waals surface area contributed by atoms with Gasteiger partial charge in [-0.2, -0.15) is 0 Å². The van der Waals surface area contributed by atoms with Crippen molar-refractivity contribution in [2.45, 2.75) is 19.3 Å². The molecule has 2 rings (SSSR count). The maximum Gasteiger partial charge on any atom is 0.149 e. The van der Waals surface area contributed by atoms with Crippen molar-refractivity contribution in [1.29, 1.82) is 0 Å². The second-order valence-electron chi connectivity index (χ2n) is 4.63. The van der Waals surface area contributed by atoms with Crippen molar-refractivity contribution in [2.75, 3.05) is 0 Å². The first-order valence-corrected chi connectivity index (χ1v) is 6.64. The zero-order valence-electron chi connectivity index (χ0n) is 11.5. The molecule has 1 aromatic heterocycles. The summed E-state index contributed by atoms with van der Waals surface area (Å²) in [4.78, 5) is 4.50. The van der Waals surface area contributed by atoms with Crippen LogP contribution in [0.1, 0.15) is 16.8 Å². The summed E-state index contributed by atoms with van der Waals surface area (Å²) in [6.45, 7) is 11.4. The Bertz CT molecular complexity index is 671. The summed E-state index contributed by atoms with van der Waals surface area (Å²) in [6.07, 6.45) is 7.50. The van der Waals surface area contributed by atoms with E-state index in [4.69, 9.17) is 0 Å². The molecule has 2 heteroatoms. The van der Waals surface area contributed by atoms with E-state index >= 15 is 0 Å². The van der Waals surface area contributed by atoms with Gasteiger partial charge in [0.1, 0.15) is 11.3 Å². The number of nitrogens with zero attached hydrogens (tertiary/aromatic N) is 1. The molecule has 0 spiro atoms. The molecular formula is C18H18FN. The molecule has 1 nitrogen and oxygen atoms in total. The molecule has 20 heavy (non-hydrogen) atoms. The number of aromatic nitrogens is 1. The molecule has 0 atom stereocenters. The molecule has 0 amide bonds. The lowest BCUT2D eigenvalue weighted by Gasteiger charge is -2.15. The fraction of sp³-hybridized carbons (Fsp3) is 0.167. The van der Waals surface area contributed by atoms with Gasteiger partial charge in [-0.15, -0.1) is 19.7 Å². The number of allylic oxidation sites excluding steroid dienone is 3. The molecule has 0 fully saturated rings. The molecule has 2 aromatic rings. The SMILES string of the molecule is C=CCc1nc2c(F)cccc2c(CC=C)c1CC=C. The molecule has 0 aliphatic carbocycles. The van der Waals surface area contributed by atoms with E-state index < -0.39 is 0 Å². The molecule has 1 heterocycles. The molecule has 0 N–H and O–H groups in total. The minimum atomic E-state index is -0.289. The number of hydrogen-bond donors (Lipinski definition) is 0. The highest BCUT2D eigenvalue weighted by Crippen LogP contribution is 2.27. The van der Waals surface area contributed by atoms with Crippen molar-refractivity contribution in [1.82, 2.24) is 4.98 Å². The zero-order valence-corrected chi connectivity index (χ0v) is 11.5. The average molecular weight is 267 g/mol. The van der Waals surface area contributed by atoms with Crippen LogP contribution in [0.4, 0.5) is 4.39 Å². The largest absolute Gasteiger partial charge is 0.249 e. The van der Waals surface area contributed by atoms with E-state index in [0.29, 0.717) is 24.8 Å². The lowest BCUT2D eigenvalue weighted by molar-refractivity contribution is 0.636. The molecule has 0 aliphatic rings. The van der Waals surface area contributed by atoms with Crippen molar-refractivity contribution in [3.8, 4) is 0 Å². The normalized spacial score (nSPS) is 10.4. The van der Waals surface area contributed by atoms with Crippen LogP contribution >= 0.6 is 0 Å². The second kappa shape index (κ2) is 6.29. The lowest BCUT2D eigenvalue weighted by Crippen LogP contribution is -2.04.